The highest BCUT2D eigenvalue weighted by atomic mass is 32.1. The molecule has 9 nitrogen and oxygen atoms in total. The molecule has 0 unspecified atom stereocenters. The third kappa shape index (κ3) is 8.00. The quantitative estimate of drug-likeness (QED) is 0.143. The summed E-state index contributed by atoms with van der Waals surface area (Å²) < 4.78 is 9.80. The lowest BCUT2D eigenvalue weighted by Crippen LogP contribution is -1.99. The van der Waals surface area contributed by atoms with Crippen molar-refractivity contribution in [2.75, 3.05) is 0 Å². The van der Waals surface area contributed by atoms with Crippen LogP contribution in [0.1, 0.15) is 0 Å². The first-order valence-corrected chi connectivity index (χ1v) is 30.1. The van der Waals surface area contributed by atoms with Crippen LogP contribution in [0.15, 0.2) is 287 Å². The molecular formula is C78H47N9S. The van der Waals surface area contributed by atoms with Gasteiger partial charge in [0.15, 0.2) is 0 Å². The Morgan fingerprint density at radius 1 is 0.227 bits per heavy atom. The van der Waals surface area contributed by atoms with E-state index in [1.807, 2.05) is 122 Å². The molecule has 0 bridgehead atoms. The highest BCUT2D eigenvalue weighted by molar-refractivity contribution is 7.26. The maximum absolute atomic E-state index is 4.54. The second-order valence-electron chi connectivity index (χ2n) is 22.5. The largest absolute Gasteiger partial charge is 0.309 e. The van der Waals surface area contributed by atoms with Gasteiger partial charge in [-0.1, -0.05) is 72.8 Å². The van der Waals surface area contributed by atoms with Crippen molar-refractivity contribution in [1.82, 2.24) is 43.6 Å². The molecule has 0 aliphatic heterocycles. The second-order valence-corrected chi connectivity index (χ2v) is 23.5. The Bertz CT molecular complexity index is 5490. The molecule has 8 aromatic carbocycles. The summed E-state index contributed by atoms with van der Waals surface area (Å²) in [6.07, 6.45) is 22.7. The van der Waals surface area contributed by atoms with Crippen molar-refractivity contribution in [3.05, 3.63) is 287 Å². The molecule has 0 aliphatic rings. The molecule has 0 N–H and O–H groups in total. The zero-order chi connectivity index (χ0) is 57.8. The molecular weight excluding hydrogens is 1090 g/mol. The van der Waals surface area contributed by atoms with E-state index in [-0.39, 0.29) is 0 Å². The normalized spacial score (nSPS) is 11.9. The van der Waals surface area contributed by atoms with Gasteiger partial charge < -0.3 is 13.7 Å². The molecule has 0 aliphatic carbocycles. The van der Waals surface area contributed by atoms with Crippen LogP contribution in [0.4, 0.5) is 0 Å². The highest BCUT2D eigenvalue weighted by Gasteiger charge is 2.24. The van der Waals surface area contributed by atoms with Crippen LogP contribution in [0.3, 0.4) is 0 Å². The lowest BCUT2D eigenvalue weighted by atomic mass is 10.0. The number of pyridine rings is 6. The first kappa shape index (κ1) is 49.7. The number of rotatable bonds is 9. The van der Waals surface area contributed by atoms with Crippen molar-refractivity contribution in [2.45, 2.75) is 0 Å². The van der Waals surface area contributed by atoms with Crippen LogP contribution >= 0.6 is 11.3 Å². The molecule has 0 amide bonds. The van der Waals surface area contributed by atoms with E-state index in [1.54, 1.807) is 0 Å². The van der Waals surface area contributed by atoms with E-state index in [9.17, 15) is 0 Å². The van der Waals surface area contributed by atoms with E-state index in [2.05, 4.69) is 220 Å². The molecule has 410 valence electrons. The average Bonchev–Trinajstić information content (AvgIpc) is 1.83. The SMILES string of the molecule is c1cncc(-c2ccc3c(c2)c2cc(-c4cccnc4)ccc2n3-c2ccc3sc4c(-n5c6ccc(-c7cccnc7)cc6c6cc(-c7cccnc7)ccc65)cc(-n5c6ccc(-c7cccnc7)cc6c6cc(-c7cccnc7)ccc65)cc4c3c2)c1. The van der Waals surface area contributed by atoms with Crippen molar-refractivity contribution in [2.24, 2.45) is 0 Å². The summed E-state index contributed by atoms with van der Waals surface area (Å²) in [5, 5.41) is 9.26. The van der Waals surface area contributed by atoms with E-state index < -0.39 is 0 Å². The van der Waals surface area contributed by atoms with E-state index in [4.69, 9.17) is 0 Å². The van der Waals surface area contributed by atoms with Crippen LogP contribution in [0.25, 0.3) is 169 Å². The minimum atomic E-state index is 1.05. The summed E-state index contributed by atoms with van der Waals surface area (Å²) in [5.41, 5.74) is 22.9. The summed E-state index contributed by atoms with van der Waals surface area (Å²) in [4.78, 5) is 27.1. The Labute approximate surface area is 508 Å². The third-order valence-corrected chi connectivity index (χ3v) is 18.8. The van der Waals surface area contributed by atoms with Crippen LogP contribution in [0.5, 0.6) is 0 Å². The smallest absolute Gasteiger partial charge is 0.0661 e. The van der Waals surface area contributed by atoms with Gasteiger partial charge in [-0.25, -0.2) is 0 Å². The number of thiophene rings is 1. The number of aromatic nitrogens is 9. The van der Waals surface area contributed by atoms with Crippen LogP contribution in [0, 0.1) is 0 Å². The van der Waals surface area contributed by atoms with Crippen LogP contribution in [-0.4, -0.2) is 43.6 Å². The molecule has 0 atom stereocenters. The second kappa shape index (κ2) is 20.0. The number of benzene rings is 8. The molecule has 18 aromatic rings. The van der Waals surface area contributed by atoms with Gasteiger partial charge in [0.2, 0.25) is 0 Å². The summed E-state index contributed by atoms with van der Waals surface area (Å²) in [7, 11) is 0. The third-order valence-electron chi connectivity index (χ3n) is 17.5. The van der Waals surface area contributed by atoms with Crippen molar-refractivity contribution in [1.29, 1.82) is 0 Å². The number of fused-ring (bicyclic) bond motifs is 12. The molecule has 88 heavy (non-hydrogen) atoms. The predicted octanol–water partition coefficient (Wildman–Crippen LogP) is 19.7. The zero-order valence-corrected chi connectivity index (χ0v) is 47.9. The average molecular weight is 1140 g/mol. The van der Waals surface area contributed by atoms with Crippen LogP contribution in [0.2, 0.25) is 0 Å². The van der Waals surface area contributed by atoms with Crippen molar-refractivity contribution < 1.29 is 0 Å². The molecule has 0 spiro atoms. The van der Waals surface area contributed by atoms with Crippen molar-refractivity contribution in [3.8, 4) is 83.8 Å². The Hall–Kier alpha value is -11.7. The van der Waals surface area contributed by atoms with E-state index in [1.165, 1.54) is 14.8 Å². The fraction of sp³-hybridized carbons (Fsp3) is 0. The lowest BCUT2D eigenvalue weighted by molar-refractivity contribution is 1.15. The Morgan fingerprint density at radius 3 is 0.830 bits per heavy atom. The van der Waals surface area contributed by atoms with Gasteiger partial charge >= 0.3 is 0 Å². The van der Waals surface area contributed by atoms with Gasteiger partial charge in [0.05, 0.1) is 43.5 Å². The number of hydrogen-bond donors (Lipinski definition) is 0. The van der Waals surface area contributed by atoms with Gasteiger partial charge in [-0.3, -0.25) is 29.9 Å². The summed E-state index contributed by atoms with van der Waals surface area (Å²) in [5.74, 6) is 0. The van der Waals surface area contributed by atoms with Gasteiger partial charge in [0, 0.05) is 167 Å². The van der Waals surface area contributed by atoms with Gasteiger partial charge in [-0.15, -0.1) is 11.3 Å². The van der Waals surface area contributed by atoms with Crippen LogP contribution < -0.4 is 0 Å². The fourth-order valence-electron chi connectivity index (χ4n) is 13.4. The van der Waals surface area contributed by atoms with Crippen molar-refractivity contribution in [3.63, 3.8) is 0 Å². The highest BCUT2D eigenvalue weighted by Crippen LogP contribution is 2.47. The molecule has 0 saturated carbocycles. The topological polar surface area (TPSA) is 92.1 Å². The molecule has 0 fully saturated rings. The molecule has 18 rings (SSSR count). The molecule has 0 saturated heterocycles. The Kier molecular flexibility index (Phi) is 11.3. The minimum Gasteiger partial charge on any atom is -0.309 e. The van der Waals surface area contributed by atoms with Gasteiger partial charge in [0.25, 0.3) is 0 Å². The monoisotopic (exact) mass is 1140 g/mol. The lowest BCUT2D eigenvalue weighted by Gasteiger charge is -2.15. The van der Waals surface area contributed by atoms with Crippen LogP contribution in [-0.2, 0) is 0 Å². The first-order chi connectivity index (χ1) is 43.6. The first-order valence-electron chi connectivity index (χ1n) is 29.3. The fourth-order valence-corrected chi connectivity index (χ4v) is 14.6. The summed E-state index contributed by atoms with van der Waals surface area (Å²) in [6.45, 7) is 0. The predicted molar refractivity (Wildman–Crippen MR) is 362 cm³/mol. The van der Waals surface area contributed by atoms with Gasteiger partial charge in [-0.05, 0) is 173 Å². The van der Waals surface area contributed by atoms with Gasteiger partial charge in [-0.2, -0.15) is 0 Å². The summed E-state index contributed by atoms with van der Waals surface area (Å²) >= 11 is 1.85. The van der Waals surface area contributed by atoms with E-state index in [0.717, 1.165) is 155 Å². The summed E-state index contributed by atoms with van der Waals surface area (Å²) in [6, 6.07) is 77.9. The van der Waals surface area contributed by atoms with Gasteiger partial charge in [0.1, 0.15) is 0 Å². The maximum Gasteiger partial charge on any atom is 0.0661 e. The number of nitrogens with zero attached hydrogens (tertiary/aromatic N) is 9. The molecule has 10 heteroatoms. The maximum atomic E-state index is 4.54. The van der Waals surface area contributed by atoms with E-state index in [0.29, 0.717) is 0 Å². The molecule has 10 aromatic heterocycles. The Balaban J connectivity index is 0.929. The minimum absolute atomic E-state index is 1.05. The number of hydrogen-bond acceptors (Lipinski definition) is 7. The molecule has 0 radical (unpaired) electrons. The molecule has 10 heterocycles. The standard InChI is InChI=1S/C78H47N9S/c1-7-54(42-79-27-1)48-13-20-70-62(33-48)63-34-49(55-8-2-28-80-43-55)14-21-71(63)85(70)60-19-26-77-68(39-60)69-40-61(86-72-22-15-50(56-9-3-29-81-44-56)35-64(72)65-36-51(16-23-73(65)86)57-10-4-30-82-45-57)41-76(78(69)88-77)87-74-24-17-52(58-11-5-31-83-46-58)37-66(74)67-38-53(18-25-75(67)87)59-12-6-32-84-47-59/h1-47H. The zero-order valence-electron chi connectivity index (χ0n) is 47.1. The van der Waals surface area contributed by atoms with Crippen molar-refractivity contribution >= 4 is 96.9 Å². The Morgan fingerprint density at radius 2 is 0.523 bits per heavy atom. The van der Waals surface area contributed by atoms with E-state index >= 15 is 0 Å².